The molecular weight excluding hydrogens is 725 g/mol. The number of esters is 2. The molecule has 2 atom stereocenters. The number of hydrogen-bond donors (Lipinski definition) is 1. The molecule has 0 rings (SSSR count). The summed E-state index contributed by atoms with van der Waals surface area (Å²) in [6.07, 6.45) is 47.7. The van der Waals surface area contributed by atoms with Gasteiger partial charge in [0.05, 0.1) is 27.7 Å². The second-order valence-corrected chi connectivity index (χ2v) is 16.4. The largest absolute Gasteiger partial charge is 0.472 e. The molecule has 0 aromatic carbocycles. The smallest absolute Gasteiger partial charge is 0.462 e. The number of unbranched alkanes of at least 4 members (excludes halogenated alkanes) is 9. The number of likely N-dealkylation sites (N-methyl/N-ethyl adjacent to an activating group) is 1. The van der Waals surface area contributed by atoms with Crippen LogP contribution < -0.4 is 0 Å². The highest BCUT2D eigenvalue weighted by molar-refractivity contribution is 7.47. The number of hydrogen-bond acceptors (Lipinski definition) is 7. The van der Waals surface area contributed by atoms with Crippen LogP contribution in [0.5, 0.6) is 0 Å². The molecule has 1 unspecified atom stereocenters. The molecule has 0 saturated heterocycles. The van der Waals surface area contributed by atoms with Crippen molar-refractivity contribution in [3.63, 3.8) is 0 Å². The Kier molecular flexibility index (Phi) is 35.9. The van der Waals surface area contributed by atoms with Gasteiger partial charge in [0.1, 0.15) is 19.8 Å². The highest BCUT2D eigenvalue weighted by atomic mass is 31.2. The van der Waals surface area contributed by atoms with Crippen molar-refractivity contribution in [3.8, 4) is 0 Å². The molecule has 0 amide bonds. The molecule has 10 heteroatoms. The van der Waals surface area contributed by atoms with Crippen molar-refractivity contribution >= 4 is 19.8 Å². The van der Waals surface area contributed by atoms with Gasteiger partial charge in [-0.1, -0.05) is 131 Å². The summed E-state index contributed by atoms with van der Waals surface area (Å²) in [5.74, 6) is -0.865. The molecule has 9 nitrogen and oxygen atoms in total. The first-order valence-corrected chi connectivity index (χ1v) is 22.8. The van der Waals surface area contributed by atoms with Gasteiger partial charge in [-0.15, -0.1) is 0 Å². The second kappa shape index (κ2) is 37.7. The molecule has 0 aromatic heterocycles. The lowest BCUT2D eigenvalue weighted by Crippen LogP contribution is -2.37. The molecule has 0 bridgehead atoms. The predicted molar refractivity (Wildman–Crippen MR) is 233 cm³/mol. The fraction of sp³-hybridized carbons (Fsp3) is 0.652. The van der Waals surface area contributed by atoms with Crippen LogP contribution in [-0.2, 0) is 32.7 Å². The number of allylic oxidation sites excluding steroid dienone is 14. The second-order valence-electron chi connectivity index (χ2n) is 15.0. The number of rotatable bonds is 37. The minimum absolute atomic E-state index is 0.0173. The molecule has 0 saturated carbocycles. The molecule has 0 aliphatic heterocycles. The van der Waals surface area contributed by atoms with Gasteiger partial charge in [0.2, 0.25) is 0 Å². The van der Waals surface area contributed by atoms with E-state index >= 15 is 0 Å². The lowest BCUT2D eigenvalue weighted by molar-refractivity contribution is -0.870. The number of phosphoric ester groups is 1. The highest BCUT2D eigenvalue weighted by Crippen LogP contribution is 2.43. The van der Waals surface area contributed by atoms with E-state index < -0.39 is 32.5 Å². The van der Waals surface area contributed by atoms with Gasteiger partial charge in [-0.3, -0.25) is 18.6 Å². The number of quaternary nitrogens is 1. The van der Waals surface area contributed by atoms with Gasteiger partial charge in [-0.25, -0.2) is 4.57 Å². The number of ether oxygens (including phenoxy) is 2. The zero-order valence-electron chi connectivity index (χ0n) is 35.8. The molecule has 0 spiro atoms. The van der Waals surface area contributed by atoms with Crippen LogP contribution in [0, 0.1) is 0 Å². The summed E-state index contributed by atoms with van der Waals surface area (Å²) >= 11 is 0. The molecule has 1 N–H and O–H groups in total. The molecule has 0 aliphatic carbocycles. The molecule has 0 fully saturated rings. The van der Waals surface area contributed by atoms with Gasteiger partial charge in [-0.05, 0) is 83.5 Å². The van der Waals surface area contributed by atoms with Gasteiger partial charge in [0.15, 0.2) is 6.10 Å². The zero-order chi connectivity index (χ0) is 41.4. The van der Waals surface area contributed by atoms with E-state index in [9.17, 15) is 19.0 Å². The first kappa shape index (κ1) is 53.2. The van der Waals surface area contributed by atoms with Crippen molar-refractivity contribution in [2.45, 2.75) is 148 Å². The molecule has 0 radical (unpaired) electrons. The van der Waals surface area contributed by atoms with Gasteiger partial charge >= 0.3 is 19.8 Å². The summed E-state index contributed by atoms with van der Waals surface area (Å²) in [5, 5.41) is 0. The number of carbonyl (C=O) groups excluding carboxylic acids is 2. The van der Waals surface area contributed by atoms with Gasteiger partial charge < -0.3 is 18.9 Å². The van der Waals surface area contributed by atoms with E-state index in [1.807, 2.05) is 21.1 Å². The van der Waals surface area contributed by atoms with Crippen LogP contribution >= 0.6 is 7.82 Å². The third kappa shape index (κ3) is 40.8. The molecule has 56 heavy (non-hydrogen) atoms. The monoisotopic (exact) mass is 805 g/mol. The van der Waals surface area contributed by atoms with Gasteiger partial charge in [0.25, 0.3) is 0 Å². The minimum Gasteiger partial charge on any atom is -0.462 e. The quantitative estimate of drug-likeness (QED) is 0.0217. The topological polar surface area (TPSA) is 108 Å². The van der Waals surface area contributed by atoms with Crippen molar-refractivity contribution in [1.82, 2.24) is 0 Å². The summed E-state index contributed by atoms with van der Waals surface area (Å²) in [5.41, 5.74) is 0. The van der Waals surface area contributed by atoms with Crippen LogP contribution in [-0.4, -0.2) is 74.9 Å². The Morgan fingerprint density at radius 1 is 0.571 bits per heavy atom. The molecule has 0 heterocycles. The van der Waals surface area contributed by atoms with Crippen molar-refractivity contribution in [2.24, 2.45) is 0 Å². The standard InChI is InChI=1S/C46H78NO8P/c1-6-8-10-12-14-16-18-20-22-23-25-27-29-31-33-35-37-39-46(49)55-44(43-54-56(50,51)53-41-40-47(3,4)5)42-52-45(48)38-36-34-32-30-28-26-24-21-19-17-15-13-11-9-7-2/h9-12,15-18,21-24,27,29,44H,6-8,13-14,19-20,25-26,28,30-43H2,1-5H3/p+1/b11-9+,12-10+,17-15+,18-16+,23-22+,24-21+,29-27+/t44-/m1/s1. The minimum atomic E-state index is -4.39. The number of nitrogens with zero attached hydrogens (tertiary/aromatic N) is 1. The van der Waals surface area contributed by atoms with E-state index in [0.29, 0.717) is 23.9 Å². The lowest BCUT2D eigenvalue weighted by Gasteiger charge is -2.24. The maximum Gasteiger partial charge on any atom is 0.472 e. The maximum absolute atomic E-state index is 12.7. The fourth-order valence-corrected chi connectivity index (χ4v) is 5.82. The summed E-state index contributed by atoms with van der Waals surface area (Å²) in [6.45, 7) is 4.15. The van der Waals surface area contributed by atoms with E-state index in [1.54, 1.807) is 0 Å². The van der Waals surface area contributed by atoms with Crippen LogP contribution in [0.15, 0.2) is 85.1 Å². The van der Waals surface area contributed by atoms with E-state index in [-0.39, 0.29) is 26.1 Å². The number of carbonyl (C=O) groups is 2. The average Bonchev–Trinajstić information content (AvgIpc) is 3.15. The molecule has 0 aromatic rings. The van der Waals surface area contributed by atoms with Crippen LogP contribution in [0.3, 0.4) is 0 Å². The van der Waals surface area contributed by atoms with Gasteiger partial charge in [0, 0.05) is 12.8 Å². The Balaban J connectivity index is 4.49. The Bertz CT molecular complexity index is 1230. The first-order chi connectivity index (χ1) is 27.0. The average molecular weight is 805 g/mol. The first-order valence-electron chi connectivity index (χ1n) is 21.3. The fourth-order valence-electron chi connectivity index (χ4n) is 5.08. The summed E-state index contributed by atoms with van der Waals surface area (Å²) in [6, 6.07) is 0. The molecular formula is C46H79NO8P+. The van der Waals surface area contributed by atoms with E-state index in [2.05, 4.69) is 98.9 Å². The Hall–Kier alpha value is -2.81. The Morgan fingerprint density at radius 2 is 1.02 bits per heavy atom. The van der Waals surface area contributed by atoms with E-state index in [1.165, 1.54) is 6.42 Å². The van der Waals surface area contributed by atoms with Crippen molar-refractivity contribution < 1.29 is 42.1 Å². The SMILES string of the molecule is CC/C=C/C/C=C/C/C=C/CCCCCCCC(=O)OC[C@H](COP(=O)(O)OCC[N+](C)(C)C)OC(=O)CCCCC/C=C/C/C=C/C/C=C/C/C=C/CCC. The third-order valence-electron chi connectivity index (χ3n) is 8.39. The van der Waals surface area contributed by atoms with Crippen LogP contribution in [0.2, 0.25) is 0 Å². The van der Waals surface area contributed by atoms with Crippen LogP contribution in [0.1, 0.15) is 142 Å². The summed E-state index contributed by atoms with van der Waals surface area (Å²) in [4.78, 5) is 35.3. The van der Waals surface area contributed by atoms with E-state index in [0.717, 1.165) is 96.3 Å². The predicted octanol–water partition coefficient (Wildman–Crippen LogP) is 12.0. The lowest BCUT2D eigenvalue weighted by atomic mass is 10.1. The van der Waals surface area contributed by atoms with Crippen molar-refractivity contribution in [3.05, 3.63) is 85.1 Å². The summed E-state index contributed by atoms with van der Waals surface area (Å²) < 4.78 is 34.2. The van der Waals surface area contributed by atoms with E-state index in [4.69, 9.17) is 18.5 Å². The normalized spacial score (nSPS) is 14.5. The van der Waals surface area contributed by atoms with Crippen molar-refractivity contribution in [2.75, 3.05) is 47.5 Å². The van der Waals surface area contributed by atoms with Gasteiger partial charge in [-0.2, -0.15) is 0 Å². The molecule has 0 aliphatic rings. The maximum atomic E-state index is 12.7. The van der Waals surface area contributed by atoms with Crippen molar-refractivity contribution in [1.29, 1.82) is 0 Å². The molecule has 320 valence electrons. The number of phosphoric acid groups is 1. The van der Waals surface area contributed by atoms with Crippen LogP contribution in [0.4, 0.5) is 0 Å². The Morgan fingerprint density at radius 3 is 1.54 bits per heavy atom. The van der Waals surface area contributed by atoms with Crippen LogP contribution in [0.25, 0.3) is 0 Å². The third-order valence-corrected chi connectivity index (χ3v) is 9.37. The summed E-state index contributed by atoms with van der Waals surface area (Å²) in [7, 11) is 1.43. The Labute approximate surface area is 341 Å². The highest BCUT2D eigenvalue weighted by Gasteiger charge is 2.27. The zero-order valence-corrected chi connectivity index (χ0v) is 36.7.